The molecule has 162 valence electrons. The van der Waals surface area contributed by atoms with E-state index in [0.29, 0.717) is 23.9 Å². The molecule has 0 radical (unpaired) electrons. The molecule has 6 nitrogen and oxygen atoms in total. The van der Waals surface area contributed by atoms with Crippen LogP contribution in [-0.2, 0) is 14.8 Å². The maximum absolute atomic E-state index is 13.4. The van der Waals surface area contributed by atoms with Crippen molar-refractivity contribution in [2.75, 3.05) is 24.5 Å². The minimum absolute atomic E-state index is 0.149. The largest absolute Gasteiger partial charge is 0.497 e. The molecule has 3 rings (SSSR count). The lowest BCUT2D eigenvalue weighted by Crippen LogP contribution is -2.42. The summed E-state index contributed by atoms with van der Waals surface area (Å²) in [6.45, 7) is 2.21. The van der Waals surface area contributed by atoms with Crippen LogP contribution in [0.1, 0.15) is 37.7 Å². The van der Waals surface area contributed by atoms with Crippen molar-refractivity contribution in [2.24, 2.45) is 5.92 Å². The van der Waals surface area contributed by atoms with Gasteiger partial charge in [0.1, 0.15) is 12.3 Å². The Morgan fingerprint density at radius 1 is 1.10 bits per heavy atom. The molecule has 0 unspecified atom stereocenters. The smallest absolute Gasteiger partial charge is 0.264 e. The summed E-state index contributed by atoms with van der Waals surface area (Å²) >= 11 is 0. The zero-order chi connectivity index (χ0) is 21.6. The zero-order valence-corrected chi connectivity index (χ0v) is 18.5. The second kappa shape index (κ2) is 9.98. The third kappa shape index (κ3) is 5.53. The number of aryl methyl sites for hydroxylation is 1. The van der Waals surface area contributed by atoms with Crippen LogP contribution in [0.3, 0.4) is 0 Å². The minimum Gasteiger partial charge on any atom is -0.497 e. The summed E-state index contributed by atoms with van der Waals surface area (Å²) in [7, 11) is -2.39. The van der Waals surface area contributed by atoms with Crippen molar-refractivity contribution in [1.29, 1.82) is 0 Å². The van der Waals surface area contributed by atoms with Crippen LogP contribution >= 0.6 is 0 Å². The van der Waals surface area contributed by atoms with E-state index in [0.717, 1.165) is 22.7 Å². The summed E-state index contributed by atoms with van der Waals surface area (Å²) in [4.78, 5) is 12.9. The van der Waals surface area contributed by atoms with E-state index in [1.54, 1.807) is 48.5 Å². The molecule has 0 spiro atoms. The number of methoxy groups -OCH3 is 1. The van der Waals surface area contributed by atoms with Crippen molar-refractivity contribution >= 4 is 21.6 Å². The van der Waals surface area contributed by atoms with Crippen LogP contribution in [0.15, 0.2) is 53.4 Å². The highest BCUT2D eigenvalue weighted by atomic mass is 32.2. The highest BCUT2D eigenvalue weighted by Crippen LogP contribution is 2.27. The van der Waals surface area contributed by atoms with Gasteiger partial charge in [0.25, 0.3) is 10.0 Å². The van der Waals surface area contributed by atoms with Gasteiger partial charge in [-0.25, -0.2) is 8.42 Å². The Morgan fingerprint density at radius 3 is 2.47 bits per heavy atom. The summed E-state index contributed by atoms with van der Waals surface area (Å²) < 4.78 is 33.2. The summed E-state index contributed by atoms with van der Waals surface area (Å²) in [6, 6.07) is 13.4. The second-order valence-corrected chi connectivity index (χ2v) is 9.70. The van der Waals surface area contributed by atoms with Crippen LogP contribution in [0.4, 0.5) is 5.69 Å². The molecular formula is C23H30N2O4S. The number of carbonyl (C=O) groups is 1. The topological polar surface area (TPSA) is 75.7 Å². The van der Waals surface area contributed by atoms with E-state index >= 15 is 0 Å². The number of amides is 1. The minimum atomic E-state index is -3.92. The molecule has 0 aromatic heterocycles. The molecule has 0 aliphatic heterocycles. The number of benzene rings is 2. The van der Waals surface area contributed by atoms with Gasteiger partial charge in [0.05, 0.1) is 17.7 Å². The fourth-order valence-electron chi connectivity index (χ4n) is 3.75. The number of nitrogens with zero attached hydrogens (tertiary/aromatic N) is 1. The molecule has 1 amide bonds. The Kier molecular flexibility index (Phi) is 7.37. The molecule has 1 aliphatic rings. The fraction of sp³-hybridized carbons (Fsp3) is 0.435. The maximum Gasteiger partial charge on any atom is 0.264 e. The van der Waals surface area contributed by atoms with Crippen LogP contribution in [0.2, 0.25) is 0 Å². The monoisotopic (exact) mass is 430 g/mol. The Balaban J connectivity index is 1.83. The summed E-state index contributed by atoms with van der Waals surface area (Å²) in [5.74, 6) is 0.694. The molecule has 7 heteroatoms. The second-order valence-electron chi connectivity index (χ2n) is 7.83. The normalized spacial score (nSPS) is 14.9. The average molecular weight is 431 g/mol. The zero-order valence-electron chi connectivity index (χ0n) is 17.6. The van der Waals surface area contributed by atoms with Crippen LogP contribution < -0.4 is 14.4 Å². The van der Waals surface area contributed by atoms with Gasteiger partial charge < -0.3 is 10.1 Å². The van der Waals surface area contributed by atoms with Gasteiger partial charge in [0.15, 0.2) is 0 Å². The van der Waals surface area contributed by atoms with Crippen molar-refractivity contribution in [2.45, 2.75) is 43.9 Å². The van der Waals surface area contributed by atoms with Crippen LogP contribution in [0.5, 0.6) is 5.75 Å². The van der Waals surface area contributed by atoms with Gasteiger partial charge in [-0.05, 0) is 49.9 Å². The van der Waals surface area contributed by atoms with E-state index in [1.165, 1.54) is 26.4 Å². The van der Waals surface area contributed by atoms with Crippen LogP contribution in [0, 0.1) is 12.8 Å². The first-order valence-electron chi connectivity index (χ1n) is 10.4. The van der Waals surface area contributed by atoms with Gasteiger partial charge in [-0.15, -0.1) is 0 Å². The molecule has 0 saturated heterocycles. The van der Waals surface area contributed by atoms with E-state index in [2.05, 4.69) is 5.32 Å². The molecule has 2 aromatic carbocycles. The molecular weight excluding hydrogens is 400 g/mol. The van der Waals surface area contributed by atoms with Gasteiger partial charge >= 0.3 is 0 Å². The van der Waals surface area contributed by atoms with E-state index in [4.69, 9.17) is 4.74 Å². The highest BCUT2D eigenvalue weighted by Gasteiger charge is 2.28. The molecule has 0 bridgehead atoms. The third-order valence-electron chi connectivity index (χ3n) is 5.55. The Hall–Kier alpha value is -2.54. The molecule has 30 heavy (non-hydrogen) atoms. The number of nitrogens with one attached hydrogen (secondary N) is 1. The van der Waals surface area contributed by atoms with Crippen LogP contribution in [0.25, 0.3) is 0 Å². The van der Waals surface area contributed by atoms with Crippen LogP contribution in [-0.4, -0.2) is 34.5 Å². The molecule has 1 N–H and O–H groups in total. The van der Waals surface area contributed by atoms with E-state index < -0.39 is 10.0 Å². The van der Waals surface area contributed by atoms with E-state index in [-0.39, 0.29) is 17.3 Å². The van der Waals surface area contributed by atoms with Crippen molar-refractivity contribution in [3.05, 3.63) is 54.1 Å². The maximum atomic E-state index is 13.4. The number of anilines is 1. The molecule has 0 heterocycles. The number of carbonyl (C=O) groups excluding carboxylic acids is 1. The summed E-state index contributed by atoms with van der Waals surface area (Å²) in [5, 5.41) is 2.94. The fourth-order valence-corrected chi connectivity index (χ4v) is 5.17. The van der Waals surface area contributed by atoms with Crippen molar-refractivity contribution in [1.82, 2.24) is 5.32 Å². The number of hydrogen-bond acceptors (Lipinski definition) is 4. The first-order valence-corrected chi connectivity index (χ1v) is 11.8. The van der Waals surface area contributed by atoms with E-state index in [9.17, 15) is 13.2 Å². The quantitative estimate of drug-likeness (QED) is 0.689. The van der Waals surface area contributed by atoms with Crippen molar-refractivity contribution < 1.29 is 17.9 Å². The lowest BCUT2D eigenvalue weighted by Gasteiger charge is -2.26. The Bertz CT molecular complexity index is 951. The first-order chi connectivity index (χ1) is 14.4. The standard InChI is InChI=1S/C23H30N2O4S/c1-18-11-13-22(14-12-18)30(27,28)25(20-9-6-10-21(15-20)29-2)17-23(26)24-16-19-7-4-3-5-8-19/h6,9-15,19H,3-5,7-8,16-17H2,1-2H3,(H,24,26). The van der Waals surface area contributed by atoms with Gasteiger partial charge in [-0.1, -0.05) is 43.0 Å². The number of rotatable bonds is 8. The lowest BCUT2D eigenvalue weighted by molar-refractivity contribution is -0.119. The molecule has 1 saturated carbocycles. The predicted molar refractivity (Wildman–Crippen MR) is 118 cm³/mol. The van der Waals surface area contributed by atoms with Crippen molar-refractivity contribution in [3.63, 3.8) is 0 Å². The number of ether oxygens (including phenoxy) is 1. The van der Waals surface area contributed by atoms with E-state index in [1.807, 2.05) is 6.92 Å². The molecule has 0 atom stereocenters. The molecule has 1 aliphatic carbocycles. The Morgan fingerprint density at radius 2 is 1.80 bits per heavy atom. The first kappa shape index (κ1) is 22.2. The lowest BCUT2D eigenvalue weighted by atomic mass is 9.89. The SMILES string of the molecule is COc1cccc(N(CC(=O)NCC2CCCCC2)S(=O)(=O)c2ccc(C)cc2)c1. The summed E-state index contributed by atoms with van der Waals surface area (Å²) in [6.07, 6.45) is 5.86. The number of hydrogen-bond donors (Lipinski definition) is 1. The highest BCUT2D eigenvalue weighted by molar-refractivity contribution is 7.92. The van der Waals surface area contributed by atoms with Gasteiger partial charge in [-0.3, -0.25) is 9.10 Å². The van der Waals surface area contributed by atoms with Gasteiger partial charge in [0.2, 0.25) is 5.91 Å². The molecule has 1 fully saturated rings. The summed E-state index contributed by atoms with van der Waals surface area (Å²) in [5.41, 5.74) is 1.36. The van der Waals surface area contributed by atoms with Gasteiger partial charge in [-0.2, -0.15) is 0 Å². The third-order valence-corrected chi connectivity index (χ3v) is 7.34. The molecule has 2 aromatic rings. The number of sulfonamides is 1. The Labute approximate surface area is 179 Å². The van der Waals surface area contributed by atoms with Crippen molar-refractivity contribution in [3.8, 4) is 5.75 Å². The average Bonchev–Trinajstić information content (AvgIpc) is 2.77. The van der Waals surface area contributed by atoms with Gasteiger partial charge in [0, 0.05) is 12.6 Å². The predicted octanol–water partition coefficient (Wildman–Crippen LogP) is 3.90.